The Morgan fingerprint density at radius 2 is 2.10 bits per heavy atom. The average molecular weight is 333 g/mol. The van der Waals surface area contributed by atoms with Crippen LogP contribution in [0.3, 0.4) is 0 Å². The molecule has 3 unspecified atom stereocenters. The zero-order valence-corrected chi connectivity index (χ0v) is 13.7. The fourth-order valence-corrected chi connectivity index (χ4v) is 3.58. The van der Waals surface area contributed by atoms with Crippen LogP contribution in [-0.4, -0.2) is 11.0 Å². The van der Waals surface area contributed by atoms with Gasteiger partial charge in [0, 0.05) is 22.1 Å². The first-order valence-corrected chi connectivity index (χ1v) is 8.25. The van der Waals surface area contributed by atoms with Gasteiger partial charge in [0.2, 0.25) is 0 Å². The van der Waals surface area contributed by atoms with E-state index in [1.54, 1.807) is 0 Å². The third-order valence-corrected chi connectivity index (χ3v) is 5.16. The third-order valence-electron chi connectivity index (χ3n) is 4.73. The fraction of sp³-hybridized carbons (Fsp3) is 0.471. The number of para-hydroxylation sites is 1. The predicted molar refractivity (Wildman–Crippen MR) is 89.0 cm³/mol. The van der Waals surface area contributed by atoms with Gasteiger partial charge in [0.1, 0.15) is 0 Å². The first-order valence-electron chi connectivity index (χ1n) is 7.46. The second-order valence-electron chi connectivity index (χ2n) is 6.05. The minimum absolute atomic E-state index is 0.565. The van der Waals surface area contributed by atoms with Gasteiger partial charge in [-0.05, 0) is 46.3 Å². The average Bonchev–Trinajstić information content (AvgIpc) is 2.44. The molecule has 1 saturated carbocycles. The quantitative estimate of drug-likeness (QED) is 0.813. The Balaban J connectivity index is 1.91. The molecule has 0 spiro atoms. The first kappa shape index (κ1) is 13.9. The number of hydrogen-bond donors (Lipinski definition) is 1. The number of nitrogens with one attached hydrogen (secondary N) is 1. The number of fused-ring (bicyclic) bond motifs is 1. The van der Waals surface area contributed by atoms with Gasteiger partial charge >= 0.3 is 0 Å². The number of halogens is 1. The second-order valence-corrected chi connectivity index (χ2v) is 6.96. The molecule has 0 aliphatic heterocycles. The summed E-state index contributed by atoms with van der Waals surface area (Å²) in [5.41, 5.74) is 2.24. The lowest BCUT2D eigenvalue weighted by atomic mass is 9.78. The summed E-state index contributed by atoms with van der Waals surface area (Å²) in [5, 5.41) is 4.93. The minimum Gasteiger partial charge on any atom is -0.380 e. The van der Waals surface area contributed by atoms with E-state index in [1.807, 2.05) is 6.20 Å². The van der Waals surface area contributed by atoms with E-state index in [2.05, 4.69) is 64.3 Å². The molecule has 0 saturated heterocycles. The molecule has 1 aliphatic carbocycles. The van der Waals surface area contributed by atoms with Gasteiger partial charge in [-0.25, -0.2) is 0 Å². The summed E-state index contributed by atoms with van der Waals surface area (Å²) in [6.07, 6.45) is 5.83. The molecule has 20 heavy (non-hydrogen) atoms. The monoisotopic (exact) mass is 332 g/mol. The van der Waals surface area contributed by atoms with Gasteiger partial charge in [-0.2, -0.15) is 0 Å². The topological polar surface area (TPSA) is 24.9 Å². The standard InChI is InChI=1S/C17H21BrN2/c1-11-5-3-7-15(12(11)2)20-16-8-4-6-13-9-14(18)10-19-17(13)16/h4,6,8-12,15,20H,3,5,7H2,1-2H3. The summed E-state index contributed by atoms with van der Waals surface area (Å²) < 4.78 is 1.03. The lowest BCUT2D eigenvalue weighted by Crippen LogP contribution is -2.35. The molecule has 3 rings (SSSR count). The Hall–Kier alpha value is -1.09. The minimum atomic E-state index is 0.565. The molecule has 0 amide bonds. The van der Waals surface area contributed by atoms with Gasteiger partial charge in [-0.15, -0.1) is 0 Å². The van der Waals surface area contributed by atoms with Crippen molar-refractivity contribution in [3.05, 3.63) is 34.9 Å². The van der Waals surface area contributed by atoms with Gasteiger partial charge in [0.15, 0.2) is 0 Å². The van der Waals surface area contributed by atoms with E-state index in [0.29, 0.717) is 6.04 Å². The van der Waals surface area contributed by atoms with Crippen molar-refractivity contribution in [2.75, 3.05) is 5.32 Å². The normalized spacial score (nSPS) is 26.6. The van der Waals surface area contributed by atoms with E-state index in [0.717, 1.165) is 21.8 Å². The van der Waals surface area contributed by atoms with E-state index >= 15 is 0 Å². The molecule has 0 bridgehead atoms. The van der Waals surface area contributed by atoms with Crippen molar-refractivity contribution in [1.82, 2.24) is 4.98 Å². The summed E-state index contributed by atoms with van der Waals surface area (Å²) in [6.45, 7) is 4.74. The Morgan fingerprint density at radius 1 is 1.25 bits per heavy atom. The van der Waals surface area contributed by atoms with Crippen molar-refractivity contribution in [3.8, 4) is 0 Å². The maximum Gasteiger partial charge on any atom is 0.0934 e. The van der Waals surface area contributed by atoms with E-state index in [9.17, 15) is 0 Å². The third kappa shape index (κ3) is 2.69. The zero-order chi connectivity index (χ0) is 14.1. The van der Waals surface area contributed by atoms with Crippen LogP contribution in [-0.2, 0) is 0 Å². The highest BCUT2D eigenvalue weighted by molar-refractivity contribution is 9.10. The maximum absolute atomic E-state index is 4.58. The Morgan fingerprint density at radius 3 is 2.95 bits per heavy atom. The summed E-state index contributed by atoms with van der Waals surface area (Å²) >= 11 is 3.49. The number of pyridine rings is 1. The van der Waals surface area contributed by atoms with Gasteiger partial charge in [0.05, 0.1) is 11.2 Å². The number of anilines is 1. The van der Waals surface area contributed by atoms with Crippen LogP contribution in [0, 0.1) is 11.8 Å². The van der Waals surface area contributed by atoms with Crippen molar-refractivity contribution in [2.24, 2.45) is 11.8 Å². The molecule has 1 N–H and O–H groups in total. The maximum atomic E-state index is 4.58. The number of benzene rings is 1. The SMILES string of the molecule is CC1CCCC(Nc2cccc3cc(Br)cnc23)C1C. The van der Waals surface area contributed by atoms with Crippen LogP contribution < -0.4 is 5.32 Å². The van der Waals surface area contributed by atoms with Gasteiger partial charge in [-0.3, -0.25) is 4.98 Å². The van der Waals surface area contributed by atoms with E-state index in [-0.39, 0.29) is 0 Å². The van der Waals surface area contributed by atoms with Crippen LogP contribution in [0.1, 0.15) is 33.1 Å². The second kappa shape index (κ2) is 5.72. The Bertz CT molecular complexity index is 611. The largest absolute Gasteiger partial charge is 0.380 e. The molecule has 1 fully saturated rings. The van der Waals surface area contributed by atoms with E-state index in [4.69, 9.17) is 0 Å². The molecule has 106 valence electrons. The number of aromatic nitrogens is 1. The van der Waals surface area contributed by atoms with E-state index < -0.39 is 0 Å². The summed E-state index contributed by atoms with van der Waals surface area (Å²) in [6, 6.07) is 9.06. The molecule has 1 heterocycles. The molecular weight excluding hydrogens is 312 g/mol. The Labute approximate surface area is 129 Å². The highest BCUT2D eigenvalue weighted by Gasteiger charge is 2.27. The number of hydrogen-bond acceptors (Lipinski definition) is 2. The number of rotatable bonds is 2. The van der Waals surface area contributed by atoms with Crippen LogP contribution in [0.5, 0.6) is 0 Å². The Kier molecular flexibility index (Phi) is 3.97. The van der Waals surface area contributed by atoms with Gasteiger partial charge in [-0.1, -0.05) is 38.8 Å². The molecule has 0 radical (unpaired) electrons. The van der Waals surface area contributed by atoms with Crippen LogP contribution >= 0.6 is 15.9 Å². The molecular formula is C17H21BrN2. The lowest BCUT2D eigenvalue weighted by molar-refractivity contribution is 0.253. The van der Waals surface area contributed by atoms with Crippen molar-refractivity contribution < 1.29 is 0 Å². The van der Waals surface area contributed by atoms with Crippen LogP contribution in [0.2, 0.25) is 0 Å². The number of nitrogens with zero attached hydrogens (tertiary/aromatic N) is 1. The highest BCUT2D eigenvalue weighted by Crippen LogP contribution is 2.33. The molecule has 2 aromatic rings. The van der Waals surface area contributed by atoms with Crippen LogP contribution in [0.4, 0.5) is 5.69 Å². The fourth-order valence-electron chi connectivity index (χ4n) is 3.24. The van der Waals surface area contributed by atoms with Gasteiger partial charge in [0.25, 0.3) is 0 Å². The smallest absolute Gasteiger partial charge is 0.0934 e. The van der Waals surface area contributed by atoms with Crippen molar-refractivity contribution in [3.63, 3.8) is 0 Å². The summed E-state index contributed by atoms with van der Waals surface area (Å²) in [4.78, 5) is 4.58. The van der Waals surface area contributed by atoms with Crippen molar-refractivity contribution in [1.29, 1.82) is 0 Å². The van der Waals surface area contributed by atoms with E-state index in [1.165, 1.54) is 30.3 Å². The molecule has 1 aliphatic rings. The summed E-state index contributed by atoms with van der Waals surface area (Å²) in [7, 11) is 0. The van der Waals surface area contributed by atoms with Crippen molar-refractivity contribution >= 4 is 32.5 Å². The lowest BCUT2D eigenvalue weighted by Gasteiger charge is -2.35. The predicted octanol–water partition coefficient (Wildman–Crippen LogP) is 5.23. The van der Waals surface area contributed by atoms with Crippen LogP contribution in [0.25, 0.3) is 10.9 Å². The molecule has 1 aromatic heterocycles. The highest BCUT2D eigenvalue weighted by atomic mass is 79.9. The molecule has 3 atom stereocenters. The van der Waals surface area contributed by atoms with Crippen LogP contribution in [0.15, 0.2) is 34.9 Å². The zero-order valence-electron chi connectivity index (χ0n) is 12.1. The molecule has 1 aromatic carbocycles. The molecule has 2 nitrogen and oxygen atoms in total. The first-order chi connectivity index (χ1) is 9.65. The van der Waals surface area contributed by atoms with Gasteiger partial charge < -0.3 is 5.32 Å². The molecule has 3 heteroatoms. The van der Waals surface area contributed by atoms with Crippen molar-refractivity contribution in [2.45, 2.75) is 39.2 Å². The summed E-state index contributed by atoms with van der Waals surface area (Å²) in [5.74, 6) is 1.52.